The van der Waals surface area contributed by atoms with Crippen LogP contribution in [-0.2, 0) is 4.74 Å². The molecule has 0 radical (unpaired) electrons. The van der Waals surface area contributed by atoms with Gasteiger partial charge in [0.15, 0.2) is 5.82 Å². The van der Waals surface area contributed by atoms with E-state index in [0.717, 1.165) is 50.0 Å². The van der Waals surface area contributed by atoms with Crippen LogP contribution in [0, 0.1) is 6.92 Å². The minimum atomic E-state index is -0.0202. The first-order valence-corrected chi connectivity index (χ1v) is 7.55. The number of aryl methyl sites for hydroxylation is 1. The van der Waals surface area contributed by atoms with Crippen molar-refractivity contribution in [3.63, 3.8) is 0 Å². The molecule has 0 aromatic carbocycles. The third kappa shape index (κ3) is 3.90. The molecule has 1 aromatic heterocycles. The second kappa shape index (κ2) is 6.99. The van der Waals surface area contributed by atoms with E-state index >= 15 is 0 Å². The molecule has 1 unspecified atom stereocenters. The van der Waals surface area contributed by atoms with Gasteiger partial charge in [0.05, 0.1) is 6.61 Å². The minimum Gasteiger partial charge on any atom is -0.370 e. The maximum atomic E-state index is 5.86. The van der Waals surface area contributed by atoms with Gasteiger partial charge in [0, 0.05) is 37.4 Å². The van der Waals surface area contributed by atoms with Crippen LogP contribution >= 0.6 is 0 Å². The van der Waals surface area contributed by atoms with Crippen molar-refractivity contribution in [2.75, 3.05) is 31.6 Å². The van der Waals surface area contributed by atoms with Gasteiger partial charge in [0.2, 0.25) is 0 Å². The molecule has 5 nitrogen and oxygen atoms in total. The lowest BCUT2D eigenvalue weighted by atomic mass is 10.2. The number of ether oxygens (including phenoxy) is 1. The van der Waals surface area contributed by atoms with Gasteiger partial charge in [-0.3, -0.25) is 4.90 Å². The highest BCUT2D eigenvalue weighted by molar-refractivity contribution is 5.36. The van der Waals surface area contributed by atoms with Gasteiger partial charge < -0.3 is 10.1 Å². The molecular formula is C15H26N4O. The van der Waals surface area contributed by atoms with Gasteiger partial charge in [-0.25, -0.2) is 9.97 Å². The highest BCUT2D eigenvalue weighted by Crippen LogP contribution is 2.22. The first-order chi connectivity index (χ1) is 9.60. The largest absolute Gasteiger partial charge is 0.370 e. The van der Waals surface area contributed by atoms with Gasteiger partial charge in [-0.05, 0) is 27.2 Å². The van der Waals surface area contributed by atoms with E-state index in [0.29, 0.717) is 6.04 Å². The maximum Gasteiger partial charge on any atom is 0.161 e. The molecule has 0 aliphatic carbocycles. The zero-order chi connectivity index (χ0) is 14.5. The Morgan fingerprint density at radius 2 is 2.25 bits per heavy atom. The Morgan fingerprint density at radius 3 is 2.95 bits per heavy atom. The van der Waals surface area contributed by atoms with E-state index in [-0.39, 0.29) is 6.10 Å². The van der Waals surface area contributed by atoms with Crippen LogP contribution in [0.25, 0.3) is 0 Å². The fraction of sp³-hybridized carbons (Fsp3) is 0.733. The molecule has 2 rings (SSSR count). The number of nitrogens with zero attached hydrogens (tertiary/aromatic N) is 3. The fourth-order valence-electron chi connectivity index (χ4n) is 2.37. The molecule has 0 spiro atoms. The van der Waals surface area contributed by atoms with Crippen molar-refractivity contribution in [1.29, 1.82) is 0 Å². The molecule has 112 valence electrons. The molecule has 1 aromatic rings. The van der Waals surface area contributed by atoms with Gasteiger partial charge in [-0.2, -0.15) is 0 Å². The Bertz CT molecular complexity index is 436. The second-order valence-corrected chi connectivity index (χ2v) is 5.63. The van der Waals surface area contributed by atoms with Gasteiger partial charge in [-0.15, -0.1) is 0 Å². The topological polar surface area (TPSA) is 50.3 Å². The molecule has 0 amide bonds. The molecule has 1 saturated heterocycles. The van der Waals surface area contributed by atoms with Crippen LogP contribution in [0.3, 0.4) is 0 Å². The number of nitrogens with one attached hydrogen (secondary N) is 1. The van der Waals surface area contributed by atoms with Gasteiger partial charge in [0.1, 0.15) is 11.9 Å². The Balaban J connectivity index is 2.12. The SMILES string of the molecule is CCCNc1cc(C)nc(C2CN(C(C)C)CCO2)n1. The predicted octanol–water partition coefficient (Wildman–Crippen LogP) is 2.39. The number of aromatic nitrogens is 2. The van der Waals surface area contributed by atoms with E-state index in [1.54, 1.807) is 0 Å². The summed E-state index contributed by atoms with van der Waals surface area (Å²) < 4.78 is 5.86. The van der Waals surface area contributed by atoms with Crippen molar-refractivity contribution in [1.82, 2.24) is 14.9 Å². The second-order valence-electron chi connectivity index (χ2n) is 5.63. The zero-order valence-corrected chi connectivity index (χ0v) is 13.0. The summed E-state index contributed by atoms with van der Waals surface area (Å²) in [5.74, 6) is 1.70. The van der Waals surface area contributed by atoms with E-state index in [2.05, 4.69) is 41.0 Å². The number of rotatable bonds is 5. The average Bonchev–Trinajstić information content (AvgIpc) is 2.44. The van der Waals surface area contributed by atoms with Crippen molar-refractivity contribution in [3.8, 4) is 0 Å². The fourth-order valence-corrected chi connectivity index (χ4v) is 2.37. The standard InChI is InChI=1S/C15H26N4O/c1-5-6-16-14-9-12(4)17-15(18-14)13-10-19(11(2)3)7-8-20-13/h9,11,13H,5-8,10H2,1-4H3,(H,16,17,18). The van der Waals surface area contributed by atoms with Crippen molar-refractivity contribution in [3.05, 3.63) is 17.6 Å². The van der Waals surface area contributed by atoms with Crippen molar-refractivity contribution >= 4 is 5.82 Å². The molecule has 1 fully saturated rings. The third-order valence-electron chi connectivity index (χ3n) is 3.54. The van der Waals surface area contributed by atoms with Gasteiger partial charge in [0.25, 0.3) is 0 Å². The van der Waals surface area contributed by atoms with E-state index < -0.39 is 0 Å². The zero-order valence-electron chi connectivity index (χ0n) is 13.0. The quantitative estimate of drug-likeness (QED) is 0.896. The number of hydrogen-bond acceptors (Lipinski definition) is 5. The Labute approximate surface area is 121 Å². The van der Waals surface area contributed by atoms with Crippen LogP contribution in [-0.4, -0.2) is 47.2 Å². The summed E-state index contributed by atoms with van der Waals surface area (Å²) in [6, 6.07) is 2.52. The van der Waals surface area contributed by atoms with Gasteiger partial charge >= 0.3 is 0 Å². The molecule has 1 N–H and O–H groups in total. The van der Waals surface area contributed by atoms with Crippen molar-refractivity contribution in [2.45, 2.75) is 46.3 Å². The lowest BCUT2D eigenvalue weighted by molar-refractivity contribution is -0.0442. The highest BCUT2D eigenvalue weighted by Gasteiger charge is 2.26. The van der Waals surface area contributed by atoms with E-state index in [4.69, 9.17) is 4.74 Å². The summed E-state index contributed by atoms with van der Waals surface area (Å²) in [4.78, 5) is 11.6. The first kappa shape index (κ1) is 15.2. The summed E-state index contributed by atoms with van der Waals surface area (Å²) in [5.41, 5.74) is 0.985. The Morgan fingerprint density at radius 1 is 1.45 bits per heavy atom. The number of hydrogen-bond donors (Lipinski definition) is 1. The van der Waals surface area contributed by atoms with Crippen LogP contribution in [0.15, 0.2) is 6.07 Å². The molecule has 1 aliphatic rings. The Kier molecular flexibility index (Phi) is 5.31. The molecule has 20 heavy (non-hydrogen) atoms. The third-order valence-corrected chi connectivity index (χ3v) is 3.54. The first-order valence-electron chi connectivity index (χ1n) is 7.55. The molecule has 0 bridgehead atoms. The lowest BCUT2D eigenvalue weighted by Crippen LogP contribution is -2.42. The molecule has 5 heteroatoms. The highest BCUT2D eigenvalue weighted by atomic mass is 16.5. The number of morpholine rings is 1. The van der Waals surface area contributed by atoms with Crippen LogP contribution in [0.5, 0.6) is 0 Å². The van der Waals surface area contributed by atoms with Crippen molar-refractivity contribution in [2.24, 2.45) is 0 Å². The smallest absolute Gasteiger partial charge is 0.161 e. The number of anilines is 1. The van der Waals surface area contributed by atoms with Crippen LogP contribution in [0.2, 0.25) is 0 Å². The van der Waals surface area contributed by atoms with Crippen LogP contribution in [0.4, 0.5) is 5.82 Å². The van der Waals surface area contributed by atoms with Crippen LogP contribution in [0.1, 0.15) is 44.8 Å². The maximum absolute atomic E-state index is 5.86. The lowest BCUT2D eigenvalue weighted by Gasteiger charge is -2.34. The normalized spacial score (nSPS) is 20.4. The summed E-state index contributed by atoms with van der Waals surface area (Å²) in [6.45, 7) is 12.1. The average molecular weight is 278 g/mol. The van der Waals surface area contributed by atoms with E-state index in [9.17, 15) is 0 Å². The summed E-state index contributed by atoms with van der Waals surface area (Å²) in [5, 5.41) is 3.33. The predicted molar refractivity (Wildman–Crippen MR) is 81.0 cm³/mol. The van der Waals surface area contributed by atoms with E-state index in [1.165, 1.54) is 0 Å². The summed E-state index contributed by atoms with van der Waals surface area (Å²) in [6.07, 6.45) is 1.06. The Hall–Kier alpha value is -1.20. The molecular weight excluding hydrogens is 252 g/mol. The van der Waals surface area contributed by atoms with Crippen molar-refractivity contribution < 1.29 is 4.74 Å². The van der Waals surface area contributed by atoms with Gasteiger partial charge in [-0.1, -0.05) is 6.92 Å². The molecule has 2 heterocycles. The summed E-state index contributed by atoms with van der Waals surface area (Å²) >= 11 is 0. The molecule has 1 aliphatic heterocycles. The molecule has 1 atom stereocenters. The molecule has 0 saturated carbocycles. The van der Waals surface area contributed by atoms with Crippen LogP contribution < -0.4 is 5.32 Å². The minimum absolute atomic E-state index is 0.0202. The van der Waals surface area contributed by atoms with E-state index in [1.807, 2.05) is 13.0 Å². The summed E-state index contributed by atoms with van der Waals surface area (Å²) in [7, 11) is 0. The monoisotopic (exact) mass is 278 g/mol.